The van der Waals surface area contributed by atoms with E-state index < -0.39 is 23.8 Å². The molecule has 0 radical (unpaired) electrons. The fourth-order valence-corrected chi connectivity index (χ4v) is 1.02. The van der Waals surface area contributed by atoms with Crippen LogP contribution in [0.4, 0.5) is 13.2 Å². The Morgan fingerprint density at radius 3 is 2.47 bits per heavy atom. The molecule has 0 aliphatic rings. The van der Waals surface area contributed by atoms with Gasteiger partial charge in [-0.15, -0.1) is 0 Å². The summed E-state index contributed by atoms with van der Waals surface area (Å²) >= 11 is 0. The van der Waals surface area contributed by atoms with Gasteiger partial charge in [0.2, 0.25) is 0 Å². The Hall–Kier alpha value is -1.56. The zero-order chi connectivity index (χ0) is 11.6. The maximum Gasteiger partial charge on any atom is 0.416 e. The van der Waals surface area contributed by atoms with Crippen molar-refractivity contribution in [3.63, 3.8) is 0 Å². The topological polar surface area (TPSA) is 60.4 Å². The van der Waals surface area contributed by atoms with Crippen LogP contribution in [0.25, 0.3) is 0 Å². The molecule has 0 saturated heterocycles. The van der Waals surface area contributed by atoms with E-state index >= 15 is 0 Å². The summed E-state index contributed by atoms with van der Waals surface area (Å²) in [5.41, 5.74) is -1.37. The number of carbonyl (C=O) groups excluding carboxylic acids is 1. The molecular formula is C9H6F3O3-. The van der Waals surface area contributed by atoms with Crippen molar-refractivity contribution in [3.8, 4) is 0 Å². The quantitative estimate of drug-likeness (QED) is 0.787. The van der Waals surface area contributed by atoms with Crippen molar-refractivity contribution in [2.24, 2.45) is 0 Å². The van der Waals surface area contributed by atoms with Crippen LogP contribution in [-0.4, -0.2) is 11.1 Å². The molecule has 0 aliphatic heterocycles. The normalized spacial score (nSPS) is 13.6. The second-order valence-electron chi connectivity index (χ2n) is 2.84. The summed E-state index contributed by atoms with van der Waals surface area (Å²) in [7, 11) is 0. The summed E-state index contributed by atoms with van der Waals surface area (Å²) < 4.78 is 36.6. The van der Waals surface area contributed by atoms with Crippen LogP contribution in [0.3, 0.4) is 0 Å². The van der Waals surface area contributed by atoms with E-state index in [1.165, 1.54) is 0 Å². The maximum atomic E-state index is 12.2. The highest BCUT2D eigenvalue weighted by molar-refractivity contribution is 5.71. The summed E-state index contributed by atoms with van der Waals surface area (Å²) in [5.74, 6) is -1.84. The van der Waals surface area contributed by atoms with Crippen LogP contribution < -0.4 is 5.11 Å². The lowest BCUT2D eigenvalue weighted by Gasteiger charge is -2.14. The molecule has 82 valence electrons. The van der Waals surface area contributed by atoms with Crippen molar-refractivity contribution in [2.45, 2.75) is 12.3 Å². The molecule has 1 rings (SSSR count). The average molecular weight is 219 g/mol. The van der Waals surface area contributed by atoms with Gasteiger partial charge in [-0.1, -0.05) is 12.1 Å². The lowest BCUT2D eigenvalue weighted by atomic mass is 10.1. The first-order valence-electron chi connectivity index (χ1n) is 3.88. The minimum Gasteiger partial charge on any atom is -0.547 e. The average Bonchev–Trinajstić information content (AvgIpc) is 2.15. The highest BCUT2D eigenvalue weighted by Crippen LogP contribution is 2.30. The van der Waals surface area contributed by atoms with Crippen LogP contribution in [-0.2, 0) is 11.0 Å². The minimum atomic E-state index is -4.57. The molecule has 3 nitrogen and oxygen atoms in total. The van der Waals surface area contributed by atoms with E-state index in [1.54, 1.807) is 0 Å². The van der Waals surface area contributed by atoms with Crippen molar-refractivity contribution in [1.82, 2.24) is 0 Å². The van der Waals surface area contributed by atoms with E-state index in [-0.39, 0.29) is 5.56 Å². The van der Waals surface area contributed by atoms with Crippen LogP contribution in [0.5, 0.6) is 0 Å². The lowest BCUT2D eigenvalue weighted by Crippen LogP contribution is -2.29. The van der Waals surface area contributed by atoms with Gasteiger partial charge in [-0.25, -0.2) is 0 Å². The Morgan fingerprint density at radius 1 is 1.40 bits per heavy atom. The third kappa shape index (κ3) is 2.69. The van der Waals surface area contributed by atoms with E-state index in [2.05, 4.69) is 0 Å². The van der Waals surface area contributed by atoms with Crippen LogP contribution >= 0.6 is 0 Å². The highest BCUT2D eigenvalue weighted by atomic mass is 19.4. The molecule has 0 aromatic heterocycles. The second-order valence-corrected chi connectivity index (χ2v) is 2.84. The smallest absolute Gasteiger partial charge is 0.416 e. The SMILES string of the molecule is O=C([O-])[C@@H](O)c1cccc(C(F)(F)F)c1. The lowest BCUT2D eigenvalue weighted by molar-refractivity contribution is -0.315. The molecule has 0 spiro atoms. The molecule has 0 fully saturated rings. The standard InChI is InChI=1S/C9H7F3O3/c10-9(11,12)6-3-1-2-5(4-6)7(13)8(14)15/h1-4,7,13H,(H,14,15)/p-1/t7-/m0/s1. The molecule has 0 aliphatic carbocycles. The monoisotopic (exact) mass is 219 g/mol. The Labute approximate surface area is 82.8 Å². The number of carboxylic acids is 1. The first-order valence-corrected chi connectivity index (χ1v) is 3.88. The number of halogens is 3. The molecule has 0 heterocycles. The number of hydrogen-bond donors (Lipinski definition) is 1. The third-order valence-electron chi connectivity index (χ3n) is 1.75. The number of benzene rings is 1. The van der Waals surface area contributed by atoms with Crippen LogP contribution in [0.15, 0.2) is 24.3 Å². The van der Waals surface area contributed by atoms with Gasteiger partial charge in [0.15, 0.2) is 0 Å². The predicted molar refractivity (Wildman–Crippen MR) is 41.4 cm³/mol. The molecule has 0 unspecified atom stereocenters. The molecular weight excluding hydrogens is 213 g/mol. The number of alkyl halides is 3. The van der Waals surface area contributed by atoms with Gasteiger partial charge in [0, 0.05) is 0 Å². The van der Waals surface area contributed by atoms with Gasteiger partial charge in [0.25, 0.3) is 0 Å². The number of aliphatic carboxylic acids is 1. The van der Waals surface area contributed by atoms with E-state index in [0.717, 1.165) is 18.2 Å². The number of carboxylic acid groups (broad SMARTS) is 1. The molecule has 0 saturated carbocycles. The summed E-state index contributed by atoms with van der Waals surface area (Å²) in [4.78, 5) is 10.2. The number of aliphatic hydroxyl groups is 1. The molecule has 1 atom stereocenters. The van der Waals surface area contributed by atoms with Crippen LogP contribution in [0.2, 0.25) is 0 Å². The van der Waals surface area contributed by atoms with Gasteiger partial charge in [0.05, 0.1) is 11.5 Å². The first-order chi connectivity index (χ1) is 6.82. The Balaban J connectivity index is 3.08. The fourth-order valence-electron chi connectivity index (χ4n) is 1.02. The number of rotatable bonds is 2. The van der Waals surface area contributed by atoms with E-state index in [1.807, 2.05) is 0 Å². The number of carbonyl (C=O) groups is 1. The second kappa shape index (κ2) is 3.90. The Kier molecular flexibility index (Phi) is 2.99. The van der Waals surface area contributed by atoms with Gasteiger partial charge in [0.1, 0.15) is 6.10 Å². The Bertz CT molecular complexity index is 373. The Morgan fingerprint density at radius 2 is 2.00 bits per heavy atom. The number of aliphatic hydroxyl groups excluding tert-OH is 1. The summed E-state index contributed by atoms with van der Waals surface area (Å²) in [6.07, 6.45) is -6.62. The van der Waals surface area contributed by atoms with Crippen LogP contribution in [0, 0.1) is 0 Å². The molecule has 1 aromatic rings. The van der Waals surface area contributed by atoms with Crippen LogP contribution in [0.1, 0.15) is 17.2 Å². The van der Waals surface area contributed by atoms with E-state index in [9.17, 15) is 23.1 Å². The largest absolute Gasteiger partial charge is 0.547 e. The third-order valence-corrected chi connectivity index (χ3v) is 1.75. The van der Waals surface area contributed by atoms with Gasteiger partial charge in [-0.3, -0.25) is 0 Å². The van der Waals surface area contributed by atoms with Gasteiger partial charge in [-0.2, -0.15) is 13.2 Å². The van der Waals surface area contributed by atoms with Gasteiger partial charge in [-0.05, 0) is 17.7 Å². The summed E-state index contributed by atoms with van der Waals surface area (Å²) in [5, 5.41) is 19.2. The van der Waals surface area contributed by atoms with Crippen molar-refractivity contribution in [1.29, 1.82) is 0 Å². The zero-order valence-electron chi connectivity index (χ0n) is 7.28. The molecule has 0 bridgehead atoms. The predicted octanol–water partition coefficient (Wildman–Crippen LogP) is 0.489. The van der Waals surface area contributed by atoms with Crippen molar-refractivity contribution < 1.29 is 28.2 Å². The van der Waals surface area contributed by atoms with Crippen molar-refractivity contribution in [2.75, 3.05) is 0 Å². The van der Waals surface area contributed by atoms with Crippen molar-refractivity contribution in [3.05, 3.63) is 35.4 Å². The minimum absolute atomic E-state index is 0.357. The van der Waals surface area contributed by atoms with E-state index in [4.69, 9.17) is 5.11 Å². The van der Waals surface area contributed by atoms with E-state index in [0.29, 0.717) is 6.07 Å². The molecule has 6 heteroatoms. The summed E-state index contributed by atoms with van der Waals surface area (Å²) in [6.45, 7) is 0. The molecule has 0 amide bonds. The van der Waals surface area contributed by atoms with Gasteiger partial charge < -0.3 is 15.0 Å². The maximum absolute atomic E-state index is 12.2. The number of hydrogen-bond acceptors (Lipinski definition) is 3. The first kappa shape index (κ1) is 11.5. The summed E-state index contributed by atoms with van der Waals surface area (Å²) in [6, 6.07) is 3.45. The highest BCUT2D eigenvalue weighted by Gasteiger charge is 2.30. The molecule has 1 N–H and O–H groups in total. The van der Waals surface area contributed by atoms with Crippen molar-refractivity contribution >= 4 is 5.97 Å². The fraction of sp³-hybridized carbons (Fsp3) is 0.222. The molecule has 1 aromatic carbocycles. The zero-order valence-corrected chi connectivity index (χ0v) is 7.28. The molecule has 15 heavy (non-hydrogen) atoms. The van der Waals surface area contributed by atoms with Gasteiger partial charge >= 0.3 is 6.18 Å².